The molecule has 0 bridgehead atoms. The molecule has 0 saturated carbocycles. The lowest BCUT2D eigenvalue weighted by Crippen LogP contribution is -2.25. The summed E-state index contributed by atoms with van der Waals surface area (Å²) in [7, 11) is 0. The molecule has 270 valence electrons. The van der Waals surface area contributed by atoms with Gasteiger partial charge in [0.1, 0.15) is 16.8 Å². The van der Waals surface area contributed by atoms with Gasteiger partial charge in [-0.25, -0.2) is 15.0 Å². The Hall–Kier alpha value is -7.69. The summed E-state index contributed by atoms with van der Waals surface area (Å²) in [6.07, 6.45) is 0. The van der Waals surface area contributed by atoms with Crippen molar-refractivity contribution in [2.24, 2.45) is 0 Å². The van der Waals surface area contributed by atoms with E-state index >= 15 is 0 Å². The van der Waals surface area contributed by atoms with Gasteiger partial charge in [0.05, 0.1) is 0 Å². The number of furan rings is 1. The minimum atomic E-state index is -0.591. The van der Waals surface area contributed by atoms with Gasteiger partial charge in [-0.3, -0.25) is 0 Å². The molecule has 1 atom stereocenters. The van der Waals surface area contributed by atoms with Crippen LogP contribution >= 0.6 is 0 Å². The van der Waals surface area contributed by atoms with Gasteiger partial charge in [0.15, 0.2) is 17.5 Å². The fraction of sp³-hybridized carbons (Fsp3) is 0.0185. The molecule has 0 fully saturated rings. The maximum absolute atomic E-state index is 6.97. The van der Waals surface area contributed by atoms with E-state index in [1.165, 1.54) is 38.9 Å². The predicted molar refractivity (Wildman–Crippen MR) is 233 cm³/mol. The van der Waals surface area contributed by atoms with E-state index in [9.17, 15) is 0 Å². The second-order valence-electron chi connectivity index (χ2n) is 15.1. The van der Waals surface area contributed by atoms with Crippen molar-refractivity contribution < 1.29 is 4.42 Å². The molecule has 8 aromatic carbocycles. The fourth-order valence-electron chi connectivity index (χ4n) is 9.38. The SMILES string of the molecule is c1ccc(-c2cccc(-c3nc(-c4ccccc4)nc(-c4cccc(-c5ccc6c(c5)C5(c7ccccc7-6)c6ccccc6-c6c5oc5ccccc65)c4)n3)c2)cc1. The summed E-state index contributed by atoms with van der Waals surface area (Å²) in [6, 6.07) is 70.6. The van der Waals surface area contributed by atoms with Gasteiger partial charge in [-0.2, -0.15) is 0 Å². The molecule has 0 amide bonds. The summed E-state index contributed by atoms with van der Waals surface area (Å²) >= 11 is 0. The maximum Gasteiger partial charge on any atom is 0.164 e. The Kier molecular flexibility index (Phi) is 7.11. The van der Waals surface area contributed by atoms with E-state index in [1.54, 1.807) is 0 Å². The van der Waals surface area contributed by atoms with Crippen molar-refractivity contribution in [2.75, 3.05) is 0 Å². The number of benzene rings is 8. The average Bonchev–Trinajstić information content (AvgIpc) is 3.93. The number of para-hydroxylation sites is 1. The van der Waals surface area contributed by atoms with Crippen molar-refractivity contribution in [1.82, 2.24) is 15.0 Å². The highest BCUT2D eigenvalue weighted by Crippen LogP contribution is 2.64. The van der Waals surface area contributed by atoms with Crippen LogP contribution in [-0.4, -0.2) is 15.0 Å². The van der Waals surface area contributed by atoms with Crippen LogP contribution in [0, 0.1) is 0 Å². The summed E-state index contributed by atoms with van der Waals surface area (Å²) in [6.45, 7) is 0. The molecule has 2 heterocycles. The molecular weight excluding hydrogens is 707 g/mol. The fourth-order valence-corrected chi connectivity index (χ4v) is 9.38. The topological polar surface area (TPSA) is 51.8 Å². The van der Waals surface area contributed by atoms with Crippen LogP contribution in [0.5, 0.6) is 0 Å². The van der Waals surface area contributed by atoms with Gasteiger partial charge < -0.3 is 4.42 Å². The van der Waals surface area contributed by atoms with Gasteiger partial charge in [0.25, 0.3) is 0 Å². The standard InChI is InChI=1S/C54H33N3O/c1-3-15-34(16-4-1)36-19-13-21-39(31-36)52-55-51(35-17-5-2-6-18-35)56-53(57-52)40-22-14-20-37(32-40)38-29-30-42-41-23-7-10-26-45(41)54(47(42)33-38)46-27-11-8-24-43(46)49-44-25-9-12-28-48(44)58-50(49)54/h1-33H. The maximum atomic E-state index is 6.97. The molecule has 12 rings (SSSR count). The Morgan fingerprint density at radius 1 is 0.328 bits per heavy atom. The van der Waals surface area contributed by atoms with E-state index in [4.69, 9.17) is 19.4 Å². The second-order valence-corrected chi connectivity index (χ2v) is 15.1. The molecule has 2 aromatic heterocycles. The van der Waals surface area contributed by atoms with Crippen LogP contribution in [0.15, 0.2) is 205 Å². The van der Waals surface area contributed by atoms with Gasteiger partial charge in [0.2, 0.25) is 0 Å². The molecule has 2 aliphatic carbocycles. The third kappa shape index (κ3) is 4.79. The van der Waals surface area contributed by atoms with Crippen LogP contribution in [0.25, 0.3) is 89.6 Å². The lowest BCUT2D eigenvalue weighted by Gasteiger charge is -2.28. The van der Waals surface area contributed by atoms with Crippen LogP contribution in [0.2, 0.25) is 0 Å². The molecule has 4 heteroatoms. The van der Waals surface area contributed by atoms with Crippen molar-refractivity contribution in [1.29, 1.82) is 0 Å². The summed E-state index contributed by atoms with van der Waals surface area (Å²) in [4.78, 5) is 15.3. The first-order valence-electron chi connectivity index (χ1n) is 19.7. The van der Waals surface area contributed by atoms with Crippen molar-refractivity contribution >= 4 is 11.0 Å². The molecule has 1 spiro atoms. The second kappa shape index (κ2) is 12.7. The molecule has 0 aliphatic heterocycles. The van der Waals surface area contributed by atoms with E-state index in [0.717, 1.165) is 55.7 Å². The summed E-state index contributed by atoms with van der Waals surface area (Å²) in [5.41, 5.74) is 16.2. The molecule has 4 nitrogen and oxygen atoms in total. The Labute approximate surface area is 335 Å². The number of hydrogen-bond acceptors (Lipinski definition) is 4. The Balaban J connectivity index is 1.02. The highest BCUT2D eigenvalue weighted by molar-refractivity contribution is 6.04. The minimum Gasteiger partial charge on any atom is -0.459 e. The van der Waals surface area contributed by atoms with Crippen LogP contribution < -0.4 is 0 Å². The predicted octanol–water partition coefficient (Wildman–Crippen LogP) is 13.3. The molecule has 0 radical (unpaired) electrons. The number of aromatic nitrogens is 3. The monoisotopic (exact) mass is 739 g/mol. The van der Waals surface area contributed by atoms with E-state index in [1.807, 2.05) is 36.4 Å². The normalized spacial score (nSPS) is 14.6. The van der Waals surface area contributed by atoms with Crippen molar-refractivity contribution in [3.63, 3.8) is 0 Å². The lowest BCUT2D eigenvalue weighted by molar-refractivity contribution is 0.507. The number of hydrogen-bond donors (Lipinski definition) is 0. The highest BCUT2D eigenvalue weighted by atomic mass is 16.3. The zero-order chi connectivity index (χ0) is 38.2. The first-order valence-corrected chi connectivity index (χ1v) is 19.7. The van der Waals surface area contributed by atoms with Crippen LogP contribution in [-0.2, 0) is 5.41 Å². The average molecular weight is 740 g/mol. The van der Waals surface area contributed by atoms with Gasteiger partial charge in [-0.05, 0) is 79.9 Å². The van der Waals surface area contributed by atoms with Crippen molar-refractivity contribution in [3.05, 3.63) is 223 Å². The lowest BCUT2D eigenvalue weighted by atomic mass is 9.73. The zero-order valence-corrected chi connectivity index (χ0v) is 31.3. The summed E-state index contributed by atoms with van der Waals surface area (Å²) in [5, 5.41) is 1.15. The van der Waals surface area contributed by atoms with E-state index in [2.05, 4.69) is 164 Å². The van der Waals surface area contributed by atoms with Gasteiger partial charge in [0, 0.05) is 27.6 Å². The smallest absolute Gasteiger partial charge is 0.164 e. The molecule has 0 saturated heterocycles. The van der Waals surface area contributed by atoms with Gasteiger partial charge in [-0.15, -0.1) is 0 Å². The number of rotatable bonds is 5. The third-order valence-corrected chi connectivity index (χ3v) is 11.9. The van der Waals surface area contributed by atoms with E-state index < -0.39 is 5.41 Å². The summed E-state index contributed by atoms with van der Waals surface area (Å²) < 4.78 is 6.97. The third-order valence-electron chi connectivity index (χ3n) is 11.9. The molecule has 1 unspecified atom stereocenters. The Morgan fingerprint density at radius 3 is 1.52 bits per heavy atom. The van der Waals surface area contributed by atoms with Gasteiger partial charge in [-0.1, -0.05) is 176 Å². The van der Waals surface area contributed by atoms with E-state index in [0.29, 0.717) is 17.5 Å². The minimum absolute atomic E-state index is 0.591. The first kappa shape index (κ1) is 32.5. The largest absolute Gasteiger partial charge is 0.459 e. The molecule has 10 aromatic rings. The van der Waals surface area contributed by atoms with Crippen molar-refractivity contribution in [2.45, 2.75) is 5.41 Å². The van der Waals surface area contributed by atoms with Crippen LogP contribution in [0.4, 0.5) is 0 Å². The van der Waals surface area contributed by atoms with Crippen molar-refractivity contribution in [3.8, 4) is 78.7 Å². The summed E-state index contributed by atoms with van der Waals surface area (Å²) in [5.74, 6) is 2.88. The molecule has 0 N–H and O–H groups in total. The zero-order valence-electron chi connectivity index (χ0n) is 31.3. The van der Waals surface area contributed by atoms with E-state index in [-0.39, 0.29) is 0 Å². The number of nitrogens with zero attached hydrogens (tertiary/aromatic N) is 3. The van der Waals surface area contributed by atoms with Gasteiger partial charge >= 0.3 is 0 Å². The Bertz CT molecular complexity index is 3240. The number of fused-ring (bicyclic) bond motifs is 12. The molecular formula is C54H33N3O. The Morgan fingerprint density at radius 2 is 0.810 bits per heavy atom. The quantitative estimate of drug-likeness (QED) is 0.176. The van der Waals surface area contributed by atoms with Crippen LogP contribution in [0.1, 0.15) is 22.5 Å². The molecule has 58 heavy (non-hydrogen) atoms. The highest BCUT2D eigenvalue weighted by Gasteiger charge is 2.55. The molecule has 2 aliphatic rings. The van der Waals surface area contributed by atoms with Crippen LogP contribution in [0.3, 0.4) is 0 Å². The first-order chi connectivity index (χ1) is 28.7.